The minimum atomic E-state index is 0.192. The maximum Gasteiger partial charge on any atom is 0.226 e. The van der Waals surface area contributed by atoms with Gasteiger partial charge in [-0.2, -0.15) is 0 Å². The number of likely N-dealkylation sites (tertiary alicyclic amines) is 1. The van der Waals surface area contributed by atoms with Gasteiger partial charge in [0.1, 0.15) is 10.0 Å². The number of aryl methyl sites for hydroxylation is 1. The van der Waals surface area contributed by atoms with Gasteiger partial charge in [-0.15, -0.1) is 21.5 Å². The van der Waals surface area contributed by atoms with Crippen LogP contribution in [0.1, 0.15) is 41.3 Å². The van der Waals surface area contributed by atoms with Gasteiger partial charge in [-0.05, 0) is 37.0 Å². The third-order valence-electron chi connectivity index (χ3n) is 4.25. The molecule has 4 nitrogen and oxygen atoms in total. The lowest BCUT2D eigenvalue weighted by Crippen LogP contribution is -2.38. The molecule has 1 aliphatic rings. The standard InChI is InChI=1S/C17H20ClN3OS/c1-2-15-19-20-17(23-15)13-7-9-21(10-8-13)16(22)11-12-3-5-14(18)6-4-12/h3-6,13H,2,7-11H2,1H3. The molecule has 3 rings (SSSR count). The van der Waals surface area contributed by atoms with E-state index in [9.17, 15) is 4.79 Å². The zero-order valence-electron chi connectivity index (χ0n) is 13.2. The van der Waals surface area contributed by atoms with E-state index >= 15 is 0 Å². The second-order valence-electron chi connectivity index (χ2n) is 5.85. The highest BCUT2D eigenvalue weighted by atomic mass is 35.5. The number of carbonyl (C=O) groups excluding carboxylic acids is 1. The highest BCUT2D eigenvalue weighted by Crippen LogP contribution is 2.30. The van der Waals surface area contributed by atoms with Gasteiger partial charge < -0.3 is 4.90 Å². The summed E-state index contributed by atoms with van der Waals surface area (Å²) in [5.41, 5.74) is 1.01. The third-order valence-corrected chi connectivity index (χ3v) is 5.73. The second-order valence-corrected chi connectivity index (χ2v) is 7.38. The first kappa shape index (κ1) is 16.4. The Bertz CT molecular complexity index is 663. The first-order valence-electron chi connectivity index (χ1n) is 8.00. The van der Waals surface area contributed by atoms with Crippen LogP contribution >= 0.6 is 22.9 Å². The van der Waals surface area contributed by atoms with Crippen molar-refractivity contribution in [2.24, 2.45) is 0 Å². The molecule has 2 heterocycles. The third kappa shape index (κ3) is 4.09. The van der Waals surface area contributed by atoms with Gasteiger partial charge in [0.2, 0.25) is 5.91 Å². The Kier molecular flexibility index (Phi) is 5.28. The Morgan fingerprint density at radius 1 is 1.26 bits per heavy atom. The first-order chi connectivity index (χ1) is 11.2. The molecule has 1 aromatic carbocycles. The van der Waals surface area contributed by atoms with Gasteiger partial charge in [0.05, 0.1) is 6.42 Å². The molecule has 0 radical (unpaired) electrons. The number of hydrogen-bond acceptors (Lipinski definition) is 4. The lowest BCUT2D eigenvalue weighted by molar-refractivity contribution is -0.131. The topological polar surface area (TPSA) is 46.1 Å². The van der Waals surface area contributed by atoms with Crippen molar-refractivity contribution in [3.05, 3.63) is 44.9 Å². The zero-order valence-corrected chi connectivity index (χ0v) is 14.7. The molecule has 6 heteroatoms. The van der Waals surface area contributed by atoms with Crippen LogP contribution in [0.2, 0.25) is 5.02 Å². The Labute approximate surface area is 145 Å². The molecule has 2 aromatic rings. The maximum atomic E-state index is 12.4. The first-order valence-corrected chi connectivity index (χ1v) is 9.19. The molecule has 122 valence electrons. The average molecular weight is 350 g/mol. The molecular weight excluding hydrogens is 330 g/mol. The van der Waals surface area contributed by atoms with Gasteiger partial charge in [0.15, 0.2) is 0 Å². The molecule has 1 saturated heterocycles. The molecule has 0 N–H and O–H groups in total. The van der Waals surface area contributed by atoms with Gasteiger partial charge in [-0.1, -0.05) is 30.7 Å². The molecular formula is C17H20ClN3OS. The number of carbonyl (C=O) groups is 1. The van der Waals surface area contributed by atoms with Crippen molar-refractivity contribution in [1.82, 2.24) is 15.1 Å². The lowest BCUT2D eigenvalue weighted by Gasteiger charge is -2.31. The van der Waals surface area contributed by atoms with Crippen LogP contribution in [-0.4, -0.2) is 34.1 Å². The SMILES string of the molecule is CCc1nnc(C2CCN(C(=O)Cc3ccc(Cl)cc3)CC2)s1. The smallest absolute Gasteiger partial charge is 0.226 e. The minimum absolute atomic E-state index is 0.192. The predicted octanol–water partition coefficient (Wildman–Crippen LogP) is 3.70. The normalized spacial score (nSPS) is 15.8. The van der Waals surface area contributed by atoms with Crippen molar-refractivity contribution in [3.63, 3.8) is 0 Å². The minimum Gasteiger partial charge on any atom is -0.342 e. The molecule has 0 bridgehead atoms. The number of benzene rings is 1. The summed E-state index contributed by atoms with van der Waals surface area (Å²) in [6.45, 7) is 3.71. The fourth-order valence-electron chi connectivity index (χ4n) is 2.84. The van der Waals surface area contributed by atoms with E-state index in [1.54, 1.807) is 11.3 Å². The molecule has 1 aliphatic heterocycles. The maximum absolute atomic E-state index is 12.4. The Morgan fingerprint density at radius 3 is 2.57 bits per heavy atom. The second kappa shape index (κ2) is 7.41. The number of hydrogen-bond donors (Lipinski definition) is 0. The van der Waals surface area contributed by atoms with Crippen LogP contribution in [0, 0.1) is 0 Å². The Hall–Kier alpha value is -1.46. The number of nitrogens with zero attached hydrogens (tertiary/aromatic N) is 3. The van der Waals surface area contributed by atoms with E-state index in [4.69, 9.17) is 11.6 Å². The van der Waals surface area contributed by atoms with E-state index in [0.29, 0.717) is 17.4 Å². The van der Waals surface area contributed by atoms with E-state index in [-0.39, 0.29) is 5.91 Å². The molecule has 1 fully saturated rings. The summed E-state index contributed by atoms with van der Waals surface area (Å²) in [4.78, 5) is 14.4. The summed E-state index contributed by atoms with van der Waals surface area (Å²) in [6, 6.07) is 7.50. The molecule has 23 heavy (non-hydrogen) atoms. The van der Waals surface area contributed by atoms with Crippen LogP contribution in [-0.2, 0) is 17.6 Å². The molecule has 0 unspecified atom stereocenters. The van der Waals surface area contributed by atoms with Crippen LogP contribution < -0.4 is 0 Å². The van der Waals surface area contributed by atoms with Crippen LogP contribution in [0.5, 0.6) is 0 Å². The number of rotatable bonds is 4. The van der Waals surface area contributed by atoms with E-state index in [1.807, 2.05) is 29.2 Å². The molecule has 0 atom stereocenters. The van der Waals surface area contributed by atoms with Gasteiger partial charge in [-0.3, -0.25) is 4.79 Å². The molecule has 0 spiro atoms. The van der Waals surface area contributed by atoms with Crippen LogP contribution in [0.3, 0.4) is 0 Å². The Balaban J connectivity index is 1.53. The lowest BCUT2D eigenvalue weighted by atomic mass is 9.97. The van der Waals surface area contributed by atoms with E-state index in [0.717, 1.165) is 47.9 Å². The van der Waals surface area contributed by atoms with Gasteiger partial charge >= 0.3 is 0 Å². The number of amides is 1. The van der Waals surface area contributed by atoms with Crippen molar-refractivity contribution in [1.29, 1.82) is 0 Å². The van der Waals surface area contributed by atoms with E-state index < -0.39 is 0 Å². The van der Waals surface area contributed by atoms with Crippen molar-refractivity contribution in [2.45, 2.75) is 38.5 Å². The van der Waals surface area contributed by atoms with Crippen molar-refractivity contribution >= 4 is 28.8 Å². The molecule has 0 aliphatic carbocycles. The average Bonchev–Trinajstić information content (AvgIpc) is 3.06. The predicted molar refractivity (Wildman–Crippen MR) is 93.0 cm³/mol. The highest BCUT2D eigenvalue weighted by molar-refractivity contribution is 7.11. The van der Waals surface area contributed by atoms with Crippen LogP contribution in [0.15, 0.2) is 24.3 Å². The molecule has 1 amide bonds. The molecule has 0 saturated carbocycles. The van der Waals surface area contributed by atoms with Crippen molar-refractivity contribution < 1.29 is 4.79 Å². The summed E-state index contributed by atoms with van der Waals surface area (Å²) < 4.78 is 0. The van der Waals surface area contributed by atoms with Crippen LogP contribution in [0.4, 0.5) is 0 Å². The Morgan fingerprint density at radius 2 is 1.96 bits per heavy atom. The fraction of sp³-hybridized carbons (Fsp3) is 0.471. The van der Waals surface area contributed by atoms with Crippen LogP contribution in [0.25, 0.3) is 0 Å². The van der Waals surface area contributed by atoms with Gasteiger partial charge in [0, 0.05) is 24.0 Å². The van der Waals surface area contributed by atoms with E-state index in [2.05, 4.69) is 17.1 Å². The van der Waals surface area contributed by atoms with Crippen molar-refractivity contribution in [3.8, 4) is 0 Å². The largest absolute Gasteiger partial charge is 0.342 e. The number of aromatic nitrogens is 2. The van der Waals surface area contributed by atoms with Gasteiger partial charge in [-0.25, -0.2) is 0 Å². The monoisotopic (exact) mass is 349 g/mol. The summed E-state index contributed by atoms with van der Waals surface area (Å²) in [7, 11) is 0. The number of halogens is 1. The summed E-state index contributed by atoms with van der Waals surface area (Å²) >= 11 is 7.59. The number of piperidine rings is 1. The fourth-order valence-corrected chi connectivity index (χ4v) is 3.92. The summed E-state index contributed by atoms with van der Waals surface area (Å²) in [6.07, 6.45) is 3.34. The zero-order chi connectivity index (χ0) is 16.2. The summed E-state index contributed by atoms with van der Waals surface area (Å²) in [5.74, 6) is 0.643. The summed E-state index contributed by atoms with van der Waals surface area (Å²) in [5, 5.41) is 11.4. The van der Waals surface area contributed by atoms with Gasteiger partial charge in [0.25, 0.3) is 0 Å². The van der Waals surface area contributed by atoms with Crippen molar-refractivity contribution in [2.75, 3.05) is 13.1 Å². The van der Waals surface area contributed by atoms with E-state index in [1.165, 1.54) is 0 Å². The quantitative estimate of drug-likeness (QED) is 0.845. The highest BCUT2D eigenvalue weighted by Gasteiger charge is 2.26. The molecule has 1 aromatic heterocycles.